The van der Waals surface area contributed by atoms with E-state index in [1.807, 2.05) is 26.0 Å². The molecule has 2 amide bonds. The number of benzene rings is 1. The third kappa shape index (κ3) is 4.19. The first-order chi connectivity index (χ1) is 12.8. The molecule has 27 heavy (non-hydrogen) atoms. The van der Waals surface area contributed by atoms with E-state index in [0.717, 1.165) is 51.7 Å². The Labute approximate surface area is 171 Å². The maximum absolute atomic E-state index is 12.7. The molecule has 3 N–H and O–H groups in total. The molecule has 7 heteroatoms. The molecule has 0 spiro atoms. The van der Waals surface area contributed by atoms with Crippen LogP contribution in [0.2, 0.25) is 0 Å². The van der Waals surface area contributed by atoms with E-state index in [-0.39, 0.29) is 5.91 Å². The zero-order valence-electron chi connectivity index (χ0n) is 15.6. The Kier molecular flexibility index (Phi) is 5.91. The van der Waals surface area contributed by atoms with Gasteiger partial charge >= 0.3 is 0 Å². The van der Waals surface area contributed by atoms with E-state index < -0.39 is 12.0 Å². The first kappa shape index (κ1) is 19.9. The van der Waals surface area contributed by atoms with Crippen molar-refractivity contribution in [2.75, 3.05) is 5.32 Å². The van der Waals surface area contributed by atoms with Crippen LogP contribution in [0.4, 0.5) is 5.00 Å². The second-order valence-electron chi connectivity index (χ2n) is 6.90. The van der Waals surface area contributed by atoms with Crippen LogP contribution in [0.1, 0.15) is 51.7 Å². The lowest BCUT2D eigenvalue weighted by atomic mass is 9.95. The number of anilines is 1. The number of hydrogen-bond acceptors (Lipinski definition) is 4. The lowest BCUT2D eigenvalue weighted by Gasteiger charge is -2.18. The minimum Gasteiger partial charge on any atom is -0.480 e. The molecule has 1 unspecified atom stereocenters. The van der Waals surface area contributed by atoms with Gasteiger partial charge < -0.3 is 15.8 Å². The summed E-state index contributed by atoms with van der Waals surface area (Å²) in [6.07, 6.45) is 3.20. The number of rotatable bonds is 5. The third-order valence-electron chi connectivity index (χ3n) is 4.74. The number of carbonyl (C=O) groups is 2. The summed E-state index contributed by atoms with van der Waals surface area (Å²) in [6, 6.07) is 3.90. The number of amides is 2. The molecule has 1 aliphatic rings. The fourth-order valence-electron chi connectivity index (χ4n) is 3.44. The predicted molar refractivity (Wildman–Crippen MR) is 112 cm³/mol. The molecule has 0 saturated heterocycles. The smallest absolute Gasteiger partial charge is 0.265 e. The molecule has 1 aromatic carbocycles. The normalized spacial score (nSPS) is 14.4. The van der Waals surface area contributed by atoms with Gasteiger partial charge in [0.2, 0.25) is 0 Å². The SMILES string of the molecule is Cc1cc(Br)cc(C)c1OC(C)C(=O)Nc1sc2c(c1C(N)=O)CCCC2. The molecule has 0 aliphatic heterocycles. The topological polar surface area (TPSA) is 81.4 Å². The van der Waals surface area contributed by atoms with Gasteiger partial charge in [0.25, 0.3) is 11.8 Å². The molecule has 3 rings (SSSR count). The number of thiophene rings is 1. The number of carbonyl (C=O) groups excluding carboxylic acids is 2. The zero-order chi connectivity index (χ0) is 19.7. The average molecular weight is 451 g/mol. The molecule has 144 valence electrons. The highest BCUT2D eigenvalue weighted by molar-refractivity contribution is 9.10. The second-order valence-corrected chi connectivity index (χ2v) is 8.92. The summed E-state index contributed by atoms with van der Waals surface area (Å²) in [5.74, 6) is -0.0860. The van der Waals surface area contributed by atoms with Gasteiger partial charge in [0.1, 0.15) is 10.8 Å². The first-order valence-corrected chi connectivity index (χ1v) is 10.6. The number of nitrogens with one attached hydrogen (secondary N) is 1. The molecule has 2 aromatic rings. The van der Waals surface area contributed by atoms with Crippen molar-refractivity contribution in [1.29, 1.82) is 0 Å². The Hall–Kier alpha value is -1.86. The Morgan fingerprint density at radius 1 is 1.22 bits per heavy atom. The van der Waals surface area contributed by atoms with Crippen molar-refractivity contribution in [2.45, 2.75) is 52.6 Å². The first-order valence-electron chi connectivity index (χ1n) is 8.96. The lowest BCUT2D eigenvalue weighted by Crippen LogP contribution is -2.31. The Balaban J connectivity index is 1.80. The van der Waals surface area contributed by atoms with Crippen molar-refractivity contribution in [1.82, 2.24) is 0 Å². The van der Waals surface area contributed by atoms with E-state index in [4.69, 9.17) is 10.5 Å². The van der Waals surface area contributed by atoms with Gasteiger partial charge in [-0.1, -0.05) is 15.9 Å². The van der Waals surface area contributed by atoms with Crippen LogP contribution < -0.4 is 15.8 Å². The molecule has 1 aromatic heterocycles. The number of fused-ring (bicyclic) bond motifs is 1. The van der Waals surface area contributed by atoms with Crippen LogP contribution in [0, 0.1) is 13.8 Å². The van der Waals surface area contributed by atoms with Crippen LogP contribution in [0.25, 0.3) is 0 Å². The van der Waals surface area contributed by atoms with Gasteiger partial charge in [-0.3, -0.25) is 9.59 Å². The van der Waals surface area contributed by atoms with Crippen LogP contribution in [0.3, 0.4) is 0 Å². The van der Waals surface area contributed by atoms with E-state index in [1.54, 1.807) is 6.92 Å². The highest BCUT2D eigenvalue weighted by Crippen LogP contribution is 2.38. The Morgan fingerprint density at radius 3 is 2.48 bits per heavy atom. The highest BCUT2D eigenvalue weighted by atomic mass is 79.9. The minimum absolute atomic E-state index is 0.294. The number of ether oxygens (including phenoxy) is 1. The minimum atomic E-state index is -0.705. The van der Waals surface area contributed by atoms with E-state index in [2.05, 4.69) is 21.2 Å². The van der Waals surface area contributed by atoms with Crippen molar-refractivity contribution in [2.24, 2.45) is 5.73 Å². The standard InChI is InChI=1S/C20H23BrN2O3S/c1-10-8-13(21)9-11(2)17(10)26-12(3)19(25)23-20-16(18(22)24)14-6-4-5-7-15(14)27-20/h8-9,12H,4-7H2,1-3H3,(H2,22,24)(H,23,25). The number of primary amides is 1. The fraction of sp³-hybridized carbons (Fsp3) is 0.400. The van der Waals surface area contributed by atoms with Gasteiger partial charge in [-0.2, -0.15) is 0 Å². The zero-order valence-corrected chi connectivity index (χ0v) is 18.1. The van der Waals surface area contributed by atoms with Crippen LogP contribution in [0.5, 0.6) is 5.75 Å². The molecule has 1 heterocycles. The van der Waals surface area contributed by atoms with Crippen molar-refractivity contribution in [3.05, 3.63) is 43.7 Å². The van der Waals surface area contributed by atoms with Gasteiger partial charge in [0.15, 0.2) is 6.10 Å². The Bertz CT molecular complexity index is 884. The van der Waals surface area contributed by atoms with Crippen LogP contribution >= 0.6 is 27.3 Å². The summed E-state index contributed by atoms with van der Waals surface area (Å²) >= 11 is 4.91. The van der Waals surface area contributed by atoms with Crippen molar-refractivity contribution >= 4 is 44.1 Å². The largest absolute Gasteiger partial charge is 0.480 e. The Morgan fingerprint density at radius 2 is 1.85 bits per heavy atom. The summed E-state index contributed by atoms with van der Waals surface area (Å²) in [7, 11) is 0. The van der Waals surface area contributed by atoms with Crippen molar-refractivity contribution in [3.8, 4) is 5.75 Å². The van der Waals surface area contributed by atoms with Gasteiger partial charge in [-0.25, -0.2) is 0 Å². The van der Waals surface area contributed by atoms with Crippen molar-refractivity contribution in [3.63, 3.8) is 0 Å². The van der Waals surface area contributed by atoms with Gasteiger partial charge in [0.05, 0.1) is 5.56 Å². The van der Waals surface area contributed by atoms with E-state index in [0.29, 0.717) is 16.3 Å². The molecule has 0 bridgehead atoms. The van der Waals surface area contributed by atoms with E-state index >= 15 is 0 Å². The number of nitrogens with two attached hydrogens (primary N) is 1. The molecule has 5 nitrogen and oxygen atoms in total. The summed E-state index contributed by atoms with van der Waals surface area (Å²) in [5.41, 5.74) is 8.96. The third-order valence-corrected chi connectivity index (χ3v) is 6.41. The van der Waals surface area contributed by atoms with Crippen molar-refractivity contribution < 1.29 is 14.3 Å². The van der Waals surface area contributed by atoms with Crippen LogP contribution in [0.15, 0.2) is 16.6 Å². The van der Waals surface area contributed by atoms with Gasteiger partial charge in [0, 0.05) is 9.35 Å². The quantitative estimate of drug-likeness (QED) is 0.702. The molecule has 1 aliphatic carbocycles. The summed E-state index contributed by atoms with van der Waals surface area (Å²) in [5, 5.41) is 3.40. The maximum Gasteiger partial charge on any atom is 0.265 e. The lowest BCUT2D eigenvalue weighted by molar-refractivity contribution is -0.122. The molecule has 0 saturated carbocycles. The van der Waals surface area contributed by atoms with Gasteiger partial charge in [-0.15, -0.1) is 11.3 Å². The molecular weight excluding hydrogens is 428 g/mol. The highest BCUT2D eigenvalue weighted by Gasteiger charge is 2.26. The molecule has 0 radical (unpaired) electrons. The second kappa shape index (κ2) is 8.02. The molecule has 0 fully saturated rings. The van der Waals surface area contributed by atoms with E-state index in [9.17, 15) is 9.59 Å². The summed E-state index contributed by atoms with van der Waals surface area (Å²) < 4.78 is 6.89. The van der Waals surface area contributed by atoms with Crippen LogP contribution in [-0.4, -0.2) is 17.9 Å². The molecular formula is C20H23BrN2O3S. The molecule has 1 atom stereocenters. The number of hydrogen-bond donors (Lipinski definition) is 2. The summed E-state index contributed by atoms with van der Waals surface area (Å²) in [4.78, 5) is 25.8. The average Bonchev–Trinajstić information content (AvgIpc) is 2.95. The van der Waals surface area contributed by atoms with Crippen LogP contribution in [-0.2, 0) is 17.6 Å². The monoisotopic (exact) mass is 450 g/mol. The summed E-state index contributed by atoms with van der Waals surface area (Å²) in [6.45, 7) is 5.58. The van der Waals surface area contributed by atoms with Gasteiger partial charge in [-0.05, 0) is 75.3 Å². The number of halogens is 1. The number of aryl methyl sites for hydroxylation is 3. The predicted octanol–water partition coefficient (Wildman–Crippen LogP) is 4.51. The maximum atomic E-state index is 12.7. The van der Waals surface area contributed by atoms with E-state index in [1.165, 1.54) is 11.3 Å². The fourth-order valence-corrected chi connectivity index (χ4v) is 5.43.